The highest BCUT2D eigenvalue weighted by atomic mass is 35.5. The number of aliphatic carboxylic acids is 1. The highest BCUT2D eigenvalue weighted by molar-refractivity contribution is 7.91. The number of hydrogen-bond acceptors (Lipinski definition) is 4. The number of carboxylic acids is 1. The van der Waals surface area contributed by atoms with Gasteiger partial charge in [-0.05, 0) is 43.7 Å². The molecule has 1 aromatic rings. The fourth-order valence-corrected chi connectivity index (χ4v) is 3.88. The lowest BCUT2D eigenvalue weighted by molar-refractivity contribution is -0.143. The van der Waals surface area contributed by atoms with Crippen LogP contribution >= 0.6 is 11.6 Å². The van der Waals surface area contributed by atoms with E-state index in [0.717, 1.165) is 13.0 Å². The van der Waals surface area contributed by atoms with Gasteiger partial charge in [-0.2, -0.15) is 0 Å². The van der Waals surface area contributed by atoms with E-state index in [4.69, 9.17) is 16.7 Å². The number of piperidine rings is 1. The minimum absolute atomic E-state index is 0.0129. The minimum Gasteiger partial charge on any atom is -0.481 e. The van der Waals surface area contributed by atoms with Gasteiger partial charge in [0.25, 0.3) is 0 Å². The van der Waals surface area contributed by atoms with E-state index in [9.17, 15) is 13.2 Å². The predicted octanol–water partition coefficient (Wildman–Crippen LogP) is 1.91. The molecule has 5 nitrogen and oxygen atoms in total. The lowest BCUT2D eigenvalue weighted by Gasteiger charge is -2.30. The first-order valence-electron chi connectivity index (χ1n) is 6.82. The Labute approximate surface area is 129 Å². The second-order valence-corrected chi connectivity index (χ2v) is 7.80. The van der Waals surface area contributed by atoms with Gasteiger partial charge >= 0.3 is 5.97 Å². The average Bonchev–Trinajstić information content (AvgIpc) is 2.46. The minimum atomic E-state index is -3.36. The van der Waals surface area contributed by atoms with Gasteiger partial charge in [0.05, 0.1) is 16.6 Å². The Morgan fingerprint density at radius 2 is 2.00 bits per heavy atom. The summed E-state index contributed by atoms with van der Waals surface area (Å²) >= 11 is 5.75. The van der Waals surface area contributed by atoms with Crippen molar-refractivity contribution >= 4 is 27.4 Å². The quantitative estimate of drug-likeness (QED) is 0.892. The van der Waals surface area contributed by atoms with Crippen molar-refractivity contribution in [1.29, 1.82) is 0 Å². The van der Waals surface area contributed by atoms with Gasteiger partial charge in [0.15, 0.2) is 9.84 Å². The number of likely N-dealkylation sites (tertiary alicyclic amines) is 1. The topological polar surface area (TPSA) is 74.7 Å². The molecular weight excluding hydrogens is 314 g/mol. The molecule has 1 fully saturated rings. The van der Waals surface area contributed by atoms with E-state index >= 15 is 0 Å². The van der Waals surface area contributed by atoms with Crippen molar-refractivity contribution in [2.75, 3.05) is 25.4 Å². The molecule has 1 aliphatic heterocycles. The van der Waals surface area contributed by atoms with Crippen LogP contribution in [0.3, 0.4) is 0 Å². The van der Waals surface area contributed by atoms with Crippen molar-refractivity contribution in [3.8, 4) is 0 Å². The van der Waals surface area contributed by atoms with Crippen molar-refractivity contribution < 1.29 is 18.3 Å². The maximum absolute atomic E-state index is 12.2. The third-order valence-corrected chi connectivity index (χ3v) is 5.67. The average molecular weight is 332 g/mol. The molecule has 1 N–H and O–H groups in total. The maximum atomic E-state index is 12.2. The number of hydrogen-bond donors (Lipinski definition) is 1. The fraction of sp³-hybridized carbons (Fsp3) is 0.500. The molecule has 0 saturated carbocycles. The first-order chi connectivity index (χ1) is 9.88. The first kappa shape index (κ1) is 16.3. The van der Waals surface area contributed by atoms with Crippen LogP contribution in [-0.4, -0.2) is 49.8 Å². The molecule has 0 spiro atoms. The lowest BCUT2D eigenvalue weighted by atomic mass is 9.98. The summed E-state index contributed by atoms with van der Waals surface area (Å²) in [5.41, 5.74) is 0. The molecule has 0 amide bonds. The molecule has 1 saturated heterocycles. The van der Waals surface area contributed by atoms with E-state index in [0.29, 0.717) is 24.5 Å². The lowest BCUT2D eigenvalue weighted by Crippen LogP contribution is -2.40. The Hall–Kier alpha value is -1.11. The van der Waals surface area contributed by atoms with Crippen LogP contribution in [0.5, 0.6) is 0 Å². The molecule has 2 rings (SSSR count). The summed E-state index contributed by atoms with van der Waals surface area (Å²) < 4.78 is 24.4. The van der Waals surface area contributed by atoms with Gasteiger partial charge in [0, 0.05) is 18.1 Å². The summed E-state index contributed by atoms with van der Waals surface area (Å²) in [6.45, 7) is 1.53. The van der Waals surface area contributed by atoms with Crippen LogP contribution in [0.4, 0.5) is 0 Å². The molecule has 1 heterocycles. The Bertz CT molecular complexity index is 600. The number of benzene rings is 1. The van der Waals surface area contributed by atoms with Crippen LogP contribution in [0.25, 0.3) is 0 Å². The highest BCUT2D eigenvalue weighted by Crippen LogP contribution is 2.18. The van der Waals surface area contributed by atoms with E-state index in [1.165, 1.54) is 12.1 Å². The molecule has 1 atom stereocenters. The summed E-state index contributed by atoms with van der Waals surface area (Å²) in [5, 5.41) is 9.53. The van der Waals surface area contributed by atoms with Crippen molar-refractivity contribution in [2.24, 2.45) is 5.92 Å². The summed E-state index contributed by atoms with van der Waals surface area (Å²) in [6, 6.07) is 6.09. The normalized spacial score (nSPS) is 20.3. The molecule has 7 heteroatoms. The van der Waals surface area contributed by atoms with Gasteiger partial charge in [-0.1, -0.05) is 11.6 Å². The summed E-state index contributed by atoms with van der Waals surface area (Å²) in [6.07, 6.45) is 1.45. The van der Waals surface area contributed by atoms with Crippen LogP contribution < -0.4 is 0 Å². The second-order valence-electron chi connectivity index (χ2n) is 5.25. The zero-order chi connectivity index (χ0) is 15.5. The maximum Gasteiger partial charge on any atom is 0.307 e. The molecule has 0 aromatic heterocycles. The third-order valence-electron chi connectivity index (χ3n) is 3.70. The Morgan fingerprint density at radius 1 is 1.33 bits per heavy atom. The number of carbonyl (C=O) groups is 1. The number of halogens is 1. The number of rotatable bonds is 5. The molecule has 0 bridgehead atoms. The second kappa shape index (κ2) is 6.77. The van der Waals surface area contributed by atoms with Gasteiger partial charge in [-0.3, -0.25) is 4.79 Å². The van der Waals surface area contributed by atoms with Gasteiger partial charge in [-0.25, -0.2) is 8.42 Å². The molecule has 1 aliphatic rings. The molecule has 0 aliphatic carbocycles. The standard InChI is InChI=1S/C14H18ClNO4S/c15-12-3-5-13(6-4-12)21(19,20)9-8-16-7-1-2-11(10-16)14(17)18/h3-6,11H,1-2,7-10H2,(H,17,18). The van der Waals surface area contributed by atoms with Crippen LogP contribution in [0, 0.1) is 5.92 Å². The first-order valence-corrected chi connectivity index (χ1v) is 8.85. The van der Waals surface area contributed by atoms with Crippen molar-refractivity contribution in [1.82, 2.24) is 4.90 Å². The van der Waals surface area contributed by atoms with E-state index in [2.05, 4.69) is 0 Å². The van der Waals surface area contributed by atoms with E-state index < -0.39 is 21.7 Å². The molecular formula is C14H18ClNO4S. The van der Waals surface area contributed by atoms with Crippen molar-refractivity contribution in [3.63, 3.8) is 0 Å². The summed E-state index contributed by atoms with van der Waals surface area (Å²) in [7, 11) is -3.36. The Kier molecular flexibility index (Phi) is 5.24. The largest absolute Gasteiger partial charge is 0.481 e. The third kappa shape index (κ3) is 4.43. The van der Waals surface area contributed by atoms with E-state index in [1.54, 1.807) is 12.1 Å². The monoisotopic (exact) mass is 331 g/mol. The number of carboxylic acid groups (broad SMARTS) is 1. The highest BCUT2D eigenvalue weighted by Gasteiger charge is 2.26. The zero-order valence-electron chi connectivity index (χ0n) is 11.5. The number of sulfone groups is 1. The molecule has 116 valence electrons. The zero-order valence-corrected chi connectivity index (χ0v) is 13.1. The SMILES string of the molecule is O=C(O)C1CCCN(CCS(=O)(=O)c2ccc(Cl)cc2)C1. The van der Waals surface area contributed by atoms with Crippen molar-refractivity contribution in [2.45, 2.75) is 17.7 Å². The number of nitrogens with zero attached hydrogens (tertiary/aromatic N) is 1. The molecule has 1 unspecified atom stereocenters. The van der Waals surface area contributed by atoms with Crippen LogP contribution in [0.1, 0.15) is 12.8 Å². The Balaban J connectivity index is 1.95. The van der Waals surface area contributed by atoms with Crippen molar-refractivity contribution in [3.05, 3.63) is 29.3 Å². The van der Waals surface area contributed by atoms with E-state index in [1.807, 2.05) is 4.90 Å². The Morgan fingerprint density at radius 3 is 2.62 bits per heavy atom. The predicted molar refractivity (Wildman–Crippen MR) is 80.3 cm³/mol. The van der Waals surface area contributed by atoms with Gasteiger partial charge in [0.1, 0.15) is 0 Å². The van der Waals surface area contributed by atoms with Crippen LogP contribution in [-0.2, 0) is 14.6 Å². The summed E-state index contributed by atoms with van der Waals surface area (Å²) in [5.74, 6) is -1.21. The molecule has 21 heavy (non-hydrogen) atoms. The summed E-state index contributed by atoms with van der Waals surface area (Å²) in [4.78, 5) is 13.2. The molecule has 0 radical (unpaired) electrons. The molecule has 1 aromatic carbocycles. The van der Waals surface area contributed by atoms with Gasteiger partial charge < -0.3 is 10.0 Å². The van der Waals surface area contributed by atoms with Gasteiger partial charge in [0.2, 0.25) is 0 Å². The van der Waals surface area contributed by atoms with Crippen LogP contribution in [0.15, 0.2) is 29.2 Å². The van der Waals surface area contributed by atoms with Gasteiger partial charge in [-0.15, -0.1) is 0 Å². The smallest absolute Gasteiger partial charge is 0.307 e. The van der Waals surface area contributed by atoms with E-state index in [-0.39, 0.29) is 10.6 Å². The van der Waals surface area contributed by atoms with Crippen LogP contribution in [0.2, 0.25) is 5.02 Å². The fourth-order valence-electron chi connectivity index (χ4n) is 2.47.